The van der Waals surface area contributed by atoms with E-state index in [-0.39, 0.29) is 30.2 Å². The minimum Gasteiger partial charge on any atom is -0.396 e. The van der Waals surface area contributed by atoms with E-state index in [0.29, 0.717) is 69.6 Å². The molecular weight excluding hydrogens is 464 g/mol. The number of piperidine rings is 1. The minimum absolute atomic E-state index is 0.0193. The number of hydrogen-bond acceptors (Lipinski definition) is 4. The van der Waals surface area contributed by atoms with Gasteiger partial charge in [-0.1, -0.05) is 18.2 Å². The van der Waals surface area contributed by atoms with Crippen LogP contribution >= 0.6 is 0 Å². The Morgan fingerprint density at radius 2 is 1.97 bits per heavy atom. The molecule has 0 radical (unpaired) electrons. The van der Waals surface area contributed by atoms with Crippen LogP contribution in [0.4, 0.5) is 13.6 Å². The summed E-state index contributed by atoms with van der Waals surface area (Å²) in [5, 5.41) is 27.5. The fourth-order valence-corrected chi connectivity index (χ4v) is 6.06. The molecule has 2 fully saturated rings. The number of aliphatic hydroxyl groups excluding tert-OH is 1. The van der Waals surface area contributed by atoms with Crippen molar-refractivity contribution in [3.05, 3.63) is 35.1 Å². The van der Waals surface area contributed by atoms with E-state index < -0.39 is 17.6 Å². The van der Waals surface area contributed by atoms with Gasteiger partial charge < -0.3 is 25.7 Å². The maximum Gasteiger partial charge on any atom is 0.317 e. The Labute approximate surface area is 214 Å². The third kappa shape index (κ3) is 7.39. The van der Waals surface area contributed by atoms with E-state index in [9.17, 15) is 19.4 Å². The number of carbonyl (C=O) groups excluding carboxylic acids is 1. The summed E-state index contributed by atoms with van der Waals surface area (Å²) in [6.07, 6.45) is 5.87. The Morgan fingerprint density at radius 3 is 2.67 bits per heavy atom. The standard InChI is InChI=1S/C28H45F2N3O3/c1-20-7-5-9-25(26(20)30)28(36,14-3-4-16-34)22-8-6-15-33(19-22)27(35)32-24(18-31-2)17-21-10-12-23(29)13-11-21/h5,7,9,21-24,31,34,36H,3-4,6,8,10-19H2,1-2H3,(H,32,35)/t21?,22-,23?,24+,28+/m1/s1. The van der Waals surface area contributed by atoms with E-state index in [1.165, 1.54) is 0 Å². The molecule has 2 amide bonds. The molecule has 0 spiro atoms. The van der Waals surface area contributed by atoms with Crippen LogP contribution in [0.2, 0.25) is 0 Å². The number of alkyl halides is 1. The first-order valence-corrected chi connectivity index (χ1v) is 13.7. The van der Waals surface area contributed by atoms with E-state index in [2.05, 4.69) is 10.6 Å². The summed E-state index contributed by atoms with van der Waals surface area (Å²) in [5.74, 6) is -0.303. The number of halogens is 2. The zero-order valence-electron chi connectivity index (χ0n) is 21.9. The van der Waals surface area contributed by atoms with Crippen molar-refractivity contribution in [2.75, 3.05) is 33.3 Å². The number of nitrogens with zero attached hydrogens (tertiary/aromatic N) is 1. The normalized spacial score (nSPS) is 25.3. The van der Waals surface area contributed by atoms with Crippen LogP contribution in [-0.4, -0.2) is 66.6 Å². The van der Waals surface area contributed by atoms with Crippen LogP contribution in [0.3, 0.4) is 0 Å². The van der Waals surface area contributed by atoms with Crippen LogP contribution in [0.5, 0.6) is 0 Å². The Hall–Kier alpha value is -1.77. The molecule has 1 aliphatic heterocycles. The smallest absolute Gasteiger partial charge is 0.317 e. The van der Waals surface area contributed by atoms with Crippen LogP contribution in [-0.2, 0) is 5.60 Å². The van der Waals surface area contributed by atoms with Gasteiger partial charge in [0.1, 0.15) is 12.0 Å². The molecule has 1 aromatic rings. The SMILES string of the molecule is CNC[C@H](CC1CCC(F)CC1)NC(=O)N1CCC[C@@H]([C@@](O)(CCCCO)c2cccc(C)c2F)C1. The van der Waals surface area contributed by atoms with Crippen molar-refractivity contribution < 1.29 is 23.8 Å². The fraction of sp³-hybridized carbons (Fsp3) is 0.750. The van der Waals surface area contributed by atoms with Crippen molar-refractivity contribution in [3.63, 3.8) is 0 Å². The number of hydrogen-bond donors (Lipinski definition) is 4. The van der Waals surface area contributed by atoms with Gasteiger partial charge >= 0.3 is 6.03 Å². The summed E-state index contributed by atoms with van der Waals surface area (Å²) in [6.45, 7) is 3.28. The molecule has 36 heavy (non-hydrogen) atoms. The quantitative estimate of drug-likeness (QED) is 0.333. The zero-order valence-corrected chi connectivity index (χ0v) is 21.9. The Balaban J connectivity index is 1.71. The van der Waals surface area contributed by atoms with Crippen molar-refractivity contribution in [1.29, 1.82) is 0 Å². The van der Waals surface area contributed by atoms with Crippen LogP contribution < -0.4 is 10.6 Å². The van der Waals surface area contributed by atoms with Gasteiger partial charge in [0.25, 0.3) is 0 Å². The number of aliphatic hydroxyl groups is 2. The van der Waals surface area contributed by atoms with Gasteiger partial charge in [-0.05, 0) is 89.7 Å². The van der Waals surface area contributed by atoms with Crippen molar-refractivity contribution in [3.8, 4) is 0 Å². The number of likely N-dealkylation sites (tertiary alicyclic amines) is 1. The summed E-state index contributed by atoms with van der Waals surface area (Å²) in [5.41, 5.74) is -0.654. The highest BCUT2D eigenvalue weighted by molar-refractivity contribution is 5.74. The summed E-state index contributed by atoms with van der Waals surface area (Å²) >= 11 is 0. The molecule has 1 saturated carbocycles. The number of rotatable bonds is 11. The van der Waals surface area contributed by atoms with Gasteiger partial charge in [-0.2, -0.15) is 0 Å². The maximum atomic E-state index is 15.2. The fourth-order valence-electron chi connectivity index (χ4n) is 6.06. The molecule has 1 aromatic carbocycles. The number of amides is 2. The van der Waals surface area contributed by atoms with Gasteiger partial charge in [0.2, 0.25) is 0 Å². The first kappa shape index (κ1) is 28.8. The Kier molecular flexibility index (Phi) is 10.9. The molecule has 0 aromatic heterocycles. The van der Waals surface area contributed by atoms with Gasteiger partial charge in [0, 0.05) is 43.8 Å². The zero-order chi connectivity index (χ0) is 26.1. The molecule has 204 valence electrons. The number of aryl methyl sites for hydroxylation is 1. The highest BCUT2D eigenvalue weighted by atomic mass is 19.1. The van der Waals surface area contributed by atoms with E-state index >= 15 is 4.39 Å². The molecule has 0 bridgehead atoms. The second-order valence-electron chi connectivity index (χ2n) is 10.9. The lowest BCUT2D eigenvalue weighted by Crippen LogP contribution is -2.54. The van der Waals surface area contributed by atoms with Crippen LogP contribution in [0.15, 0.2) is 18.2 Å². The van der Waals surface area contributed by atoms with Crippen molar-refractivity contribution >= 4 is 6.03 Å². The summed E-state index contributed by atoms with van der Waals surface area (Å²) in [7, 11) is 1.86. The molecule has 1 saturated heterocycles. The van der Waals surface area contributed by atoms with Crippen LogP contribution in [0, 0.1) is 24.6 Å². The average Bonchev–Trinajstić information content (AvgIpc) is 2.87. The largest absolute Gasteiger partial charge is 0.396 e. The molecule has 1 aliphatic carbocycles. The molecule has 0 unspecified atom stereocenters. The number of benzene rings is 1. The number of urea groups is 1. The monoisotopic (exact) mass is 509 g/mol. The molecule has 2 aliphatic rings. The lowest BCUT2D eigenvalue weighted by molar-refractivity contribution is -0.0586. The van der Waals surface area contributed by atoms with Crippen LogP contribution in [0.1, 0.15) is 75.3 Å². The van der Waals surface area contributed by atoms with Crippen LogP contribution in [0.25, 0.3) is 0 Å². The molecule has 8 heteroatoms. The highest BCUT2D eigenvalue weighted by Gasteiger charge is 2.43. The average molecular weight is 510 g/mol. The second kappa shape index (κ2) is 13.7. The second-order valence-corrected chi connectivity index (χ2v) is 10.9. The number of likely N-dealkylation sites (N-methyl/N-ethyl adjacent to an activating group) is 1. The highest BCUT2D eigenvalue weighted by Crippen LogP contribution is 2.41. The first-order valence-electron chi connectivity index (χ1n) is 13.7. The lowest BCUT2D eigenvalue weighted by atomic mass is 9.73. The van der Waals surface area contributed by atoms with Gasteiger partial charge in [0.05, 0.1) is 5.60 Å². The lowest BCUT2D eigenvalue weighted by Gasteiger charge is -2.43. The van der Waals surface area contributed by atoms with Crippen molar-refractivity contribution in [1.82, 2.24) is 15.5 Å². The topological polar surface area (TPSA) is 84.8 Å². The Morgan fingerprint density at radius 1 is 1.22 bits per heavy atom. The number of carbonyl (C=O) groups is 1. The number of nitrogens with one attached hydrogen (secondary N) is 2. The van der Waals surface area contributed by atoms with Gasteiger partial charge in [0.15, 0.2) is 0 Å². The van der Waals surface area contributed by atoms with E-state index in [1.807, 2.05) is 7.05 Å². The molecule has 3 atom stereocenters. The van der Waals surface area contributed by atoms with E-state index in [1.54, 1.807) is 30.0 Å². The predicted octanol–water partition coefficient (Wildman–Crippen LogP) is 4.41. The predicted molar refractivity (Wildman–Crippen MR) is 138 cm³/mol. The third-order valence-electron chi connectivity index (χ3n) is 8.18. The Bertz CT molecular complexity index is 834. The van der Waals surface area contributed by atoms with E-state index in [4.69, 9.17) is 0 Å². The molecule has 4 N–H and O–H groups in total. The maximum absolute atomic E-state index is 15.2. The van der Waals surface area contributed by atoms with Gasteiger partial charge in [-0.3, -0.25) is 0 Å². The first-order chi connectivity index (χ1) is 17.3. The number of unbranched alkanes of at least 4 members (excludes halogenated alkanes) is 1. The molecule has 1 heterocycles. The molecule has 6 nitrogen and oxygen atoms in total. The van der Waals surface area contributed by atoms with E-state index in [0.717, 1.165) is 25.7 Å². The summed E-state index contributed by atoms with van der Waals surface area (Å²) < 4.78 is 28.7. The molecular formula is C28H45F2N3O3. The minimum atomic E-state index is -1.42. The van der Waals surface area contributed by atoms with Crippen molar-refractivity contribution in [2.45, 2.75) is 88.9 Å². The third-order valence-corrected chi connectivity index (χ3v) is 8.18. The van der Waals surface area contributed by atoms with Crippen molar-refractivity contribution in [2.24, 2.45) is 11.8 Å². The summed E-state index contributed by atoms with van der Waals surface area (Å²) in [6, 6.07) is 4.88. The summed E-state index contributed by atoms with van der Waals surface area (Å²) in [4.78, 5) is 15.1. The van der Waals surface area contributed by atoms with Gasteiger partial charge in [-0.25, -0.2) is 13.6 Å². The van der Waals surface area contributed by atoms with Gasteiger partial charge in [-0.15, -0.1) is 0 Å². The molecule has 3 rings (SSSR count).